The molecule has 0 amide bonds. The fourth-order valence-corrected chi connectivity index (χ4v) is 2.54. The van der Waals surface area contributed by atoms with Gasteiger partial charge in [0.25, 0.3) is 0 Å². The van der Waals surface area contributed by atoms with Gasteiger partial charge in [-0.2, -0.15) is 0 Å². The quantitative estimate of drug-likeness (QED) is 0.747. The molecule has 1 atom stereocenters. The van der Waals surface area contributed by atoms with Gasteiger partial charge in [0, 0.05) is 11.4 Å². The molecule has 1 N–H and O–H groups in total. The molecule has 0 saturated carbocycles. The second kappa shape index (κ2) is 6.71. The van der Waals surface area contributed by atoms with E-state index in [9.17, 15) is 9.90 Å². The van der Waals surface area contributed by atoms with Gasteiger partial charge in [-0.05, 0) is 40.6 Å². The molecule has 0 aromatic heterocycles. The Morgan fingerprint density at radius 3 is 2.39 bits per heavy atom. The van der Waals surface area contributed by atoms with Gasteiger partial charge in [0.1, 0.15) is 5.75 Å². The average Bonchev–Trinajstić information content (AvgIpc) is 2.56. The van der Waals surface area contributed by atoms with Crippen molar-refractivity contribution in [3.8, 4) is 5.75 Å². The SMILES string of the molecule is O=C(O)C(Cc1ccc(Cl)cc1)Oc1ccc2ccccc2c1. The first-order valence-electron chi connectivity index (χ1n) is 7.24. The van der Waals surface area contributed by atoms with Crippen molar-refractivity contribution in [2.24, 2.45) is 0 Å². The second-order valence-electron chi connectivity index (χ2n) is 5.28. The Morgan fingerprint density at radius 2 is 1.70 bits per heavy atom. The van der Waals surface area contributed by atoms with Gasteiger partial charge >= 0.3 is 5.97 Å². The smallest absolute Gasteiger partial charge is 0.345 e. The van der Waals surface area contributed by atoms with E-state index in [2.05, 4.69) is 0 Å². The van der Waals surface area contributed by atoms with E-state index in [-0.39, 0.29) is 6.42 Å². The number of benzene rings is 3. The second-order valence-corrected chi connectivity index (χ2v) is 5.72. The molecule has 0 spiro atoms. The Morgan fingerprint density at radius 1 is 1.00 bits per heavy atom. The molecule has 116 valence electrons. The van der Waals surface area contributed by atoms with Crippen molar-refractivity contribution in [3.63, 3.8) is 0 Å². The van der Waals surface area contributed by atoms with Crippen LogP contribution in [0.15, 0.2) is 66.7 Å². The first-order valence-corrected chi connectivity index (χ1v) is 7.62. The van der Waals surface area contributed by atoms with E-state index in [1.807, 2.05) is 48.5 Å². The maximum atomic E-state index is 11.5. The van der Waals surface area contributed by atoms with Gasteiger partial charge in [-0.1, -0.05) is 54.1 Å². The van der Waals surface area contributed by atoms with Crippen molar-refractivity contribution in [1.29, 1.82) is 0 Å². The van der Waals surface area contributed by atoms with Crippen LogP contribution in [0.2, 0.25) is 5.02 Å². The van der Waals surface area contributed by atoms with Gasteiger partial charge in [-0.25, -0.2) is 4.79 Å². The first kappa shape index (κ1) is 15.4. The van der Waals surface area contributed by atoms with E-state index < -0.39 is 12.1 Å². The summed E-state index contributed by atoms with van der Waals surface area (Å²) in [6.45, 7) is 0. The van der Waals surface area contributed by atoms with Gasteiger partial charge in [0.15, 0.2) is 6.10 Å². The summed E-state index contributed by atoms with van der Waals surface area (Å²) < 4.78 is 5.69. The number of carboxylic acid groups (broad SMARTS) is 1. The highest BCUT2D eigenvalue weighted by Gasteiger charge is 2.20. The molecular weight excluding hydrogens is 312 g/mol. The van der Waals surface area contributed by atoms with E-state index in [4.69, 9.17) is 16.3 Å². The summed E-state index contributed by atoms with van der Waals surface area (Å²) in [5.41, 5.74) is 0.864. The number of fused-ring (bicyclic) bond motifs is 1. The summed E-state index contributed by atoms with van der Waals surface area (Å²) in [6.07, 6.45) is -0.670. The highest BCUT2D eigenvalue weighted by Crippen LogP contribution is 2.22. The van der Waals surface area contributed by atoms with Crippen LogP contribution in [0.4, 0.5) is 0 Å². The molecule has 0 radical (unpaired) electrons. The molecular formula is C19H15ClO3. The third-order valence-corrected chi connectivity index (χ3v) is 3.86. The van der Waals surface area contributed by atoms with Crippen molar-refractivity contribution in [1.82, 2.24) is 0 Å². The molecule has 0 aliphatic carbocycles. The van der Waals surface area contributed by atoms with Gasteiger partial charge in [-0.15, -0.1) is 0 Å². The van der Waals surface area contributed by atoms with Crippen molar-refractivity contribution in [3.05, 3.63) is 77.3 Å². The topological polar surface area (TPSA) is 46.5 Å². The molecule has 0 aliphatic rings. The molecule has 3 aromatic carbocycles. The van der Waals surface area contributed by atoms with Gasteiger partial charge in [0.2, 0.25) is 0 Å². The monoisotopic (exact) mass is 326 g/mol. The lowest BCUT2D eigenvalue weighted by Gasteiger charge is -2.16. The summed E-state index contributed by atoms with van der Waals surface area (Å²) in [7, 11) is 0. The van der Waals surface area contributed by atoms with Crippen LogP contribution in [-0.4, -0.2) is 17.2 Å². The molecule has 0 saturated heterocycles. The van der Waals surface area contributed by atoms with Gasteiger partial charge in [-0.3, -0.25) is 0 Å². The fourth-order valence-electron chi connectivity index (χ4n) is 2.42. The maximum Gasteiger partial charge on any atom is 0.345 e. The van der Waals surface area contributed by atoms with Gasteiger partial charge < -0.3 is 9.84 Å². The molecule has 0 heterocycles. The zero-order valence-electron chi connectivity index (χ0n) is 12.3. The molecule has 3 aromatic rings. The minimum atomic E-state index is -0.992. The lowest BCUT2D eigenvalue weighted by atomic mass is 10.1. The van der Waals surface area contributed by atoms with Crippen LogP contribution in [0.1, 0.15) is 5.56 Å². The number of halogens is 1. The maximum absolute atomic E-state index is 11.5. The lowest BCUT2D eigenvalue weighted by Crippen LogP contribution is -2.29. The van der Waals surface area contributed by atoms with Crippen LogP contribution < -0.4 is 4.74 Å². The molecule has 0 bridgehead atoms. The standard InChI is InChI=1S/C19H15ClO3/c20-16-8-5-13(6-9-16)11-18(19(21)22)23-17-10-7-14-3-1-2-4-15(14)12-17/h1-10,12,18H,11H2,(H,21,22). The minimum absolute atomic E-state index is 0.277. The summed E-state index contributed by atoms with van der Waals surface area (Å²) in [5, 5.41) is 12.1. The average molecular weight is 327 g/mol. The van der Waals surface area contributed by atoms with E-state index in [1.165, 1.54) is 0 Å². The van der Waals surface area contributed by atoms with E-state index in [0.29, 0.717) is 10.8 Å². The zero-order chi connectivity index (χ0) is 16.2. The number of hydrogen-bond acceptors (Lipinski definition) is 2. The predicted octanol–water partition coefficient (Wildman–Crippen LogP) is 4.57. The van der Waals surface area contributed by atoms with Crippen LogP contribution >= 0.6 is 11.6 Å². The van der Waals surface area contributed by atoms with Crippen LogP contribution in [0, 0.1) is 0 Å². The Hall–Kier alpha value is -2.52. The van der Waals surface area contributed by atoms with E-state index >= 15 is 0 Å². The summed E-state index contributed by atoms with van der Waals surface area (Å²) in [5.74, 6) is -0.446. The van der Waals surface area contributed by atoms with Crippen LogP contribution in [0.5, 0.6) is 5.75 Å². The Kier molecular flexibility index (Phi) is 4.49. The lowest BCUT2D eigenvalue weighted by molar-refractivity contribution is -0.145. The number of carboxylic acids is 1. The van der Waals surface area contributed by atoms with Crippen LogP contribution in [-0.2, 0) is 11.2 Å². The summed E-state index contributed by atoms with van der Waals surface area (Å²) in [6, 6.07) is 20.5. The van der Waals surface area contributed by atoms with Crippen molar-refractivity contribution in [2.75, 3.05) is 0 Å². The summed E-state index contributed by atoms with van der Waals surface area (Å²) >= 11 is 5.85. The van der Waals surface area contributed by atoms with Crippen molar-refractivity contribution in [2.45, 2.75) is 12.5 Å². The predicted molar refractivity (Wildman–Crippen MR) is 91.2 cm³/mol. The first-order chi connectivity index (χ1) is 11.1. The number of hydrogen-bond donors (Lipinski definition) is 1. The fraction of sp³-hybridized carbons (Fsp3) is 0.105. The van der Waals surface area contributed by atoms with Crippen molar-refractivity contribution >= 4 is 28.3 Å². The van der Waals surface area contributed by atoms with Crippen LogP contribution in [0.25, 0.3) is 10.8 Å². The largest absolute Gasteiger partial charge is 0.478 e. The molecule has 0 aliphatic heterocycles. The third-order valence-electron chi connectivity index (χ3n) is 3.61. The number of ether oxygens (including phenoxy) is 1. The Balaban J connectivity index is 1.80. The molecule has 3 nitrogen and oxygen atoms in total. The number of rotatable bonds is 5. The molecule has 23 heavy (non-hydrogen) atoms. The molecule has 4 heteroatoms. The molecule has 0 fully saturated rings. The van der Waals surface area contributed by atoms with E-state index in [0.717, 1.165) is 16.3 Å². The van der Waals surface area contributed by atoms with Gasteiger partial charge in [0.05, 0.1) is 0 Å². The van der Waals surface area contributed by atoms with Crippen LogP contribution in [0.3, 0.4) is 0 Å². The van der Waals surface area contributed by atoms with Crippen molar-refractivity contribution < 1.29 is 14.6 Å². The highest BCUT2D eigenvalue weighted by atomic mass is 35.5. The molecule has 1 unspecified atom stereocenters. The number of aliphatic carboxylic acids is 1. The highest BCUT2D eigenvalue weighted by molar-refractivity contribution is 6.30. The number of carbonyl (C=O) groups is 1. The summed E-state index contributed by atoms with van der Waals surface area (Å²) in [4.78, 5) is 11.5. The minimum Gasteiger partial charge on any atom is -0.478 e. The third kappa shape index (κ3) is 3.82. The normalized spacial score (nSPS) is 12.0. The Bertz CT molecular complexity index is 827. The zero-order valence-corrected chi connectivity index (χ0v) is 13.0. The molecule has 3 rings (SSSR count). The van der Waals surface area contributed by atoms with E-state index in [1.54, 1.807) is 18.2 Å². The Labute approximate surface area is 139 Å².